The summed E-state index contributed by atoms with van der Waals surface area (Å²) in [6.45, 7) is 2.12. The Hall–Kier alpha value is -2.39. The van der Waals surface area contributed by atoms with Gasteiger partial charge < -0.3 is 30.0 Å². The lowest BCUT2D eigenvalue weighted by molar-refractivity contribution is 0.115. The average molecular weight is 569 g/mol. The monoisotopic (exact) mass is 567 g/mol. The van der Waals surface area contributed by atoms with E-state index in [0.29, 0.717) is 28.9 Å². The van der Waals surface area contributed by atoms with E-state index in [1.54, 1.807) is 19.2 Å². The van der Waals surface area contributed by atoms with Gasteiger partial charge in [0.15, 0.2) is 11.5 Å². The highest BCUT2D eigenvalue weighted by atomic mass is 35.5. The van der Waals surface area contributed by atoms with Crippen LogP contribution in [0.3, 0.4) is 0 Å². The molecule has 1 heterocycles. The number of hydrogen-bond acceptors (Lipinski definition) is 6. The topological polar surface area (TPSA) is 92.3 Å². The zero-order valence-electron chi connectivity index (χ0n) is 22.2. The molecule has 0 bridgehead atoms. The predicted molar refractivity (Wildman–Crippen MR) is 152 cm³/mol. The fourth-order valence-electron chi connectivity index (χ4n) is 5.76. The fraction of sp³-hybridized carbons (Fsp3) is 0.536. The number of anilines is 1. The van der Waals surface area contributed by atoms with Gasteiger partial charge in [-0.1, -0.05) is 23.7 Å². The van der Waals surface area contributed by atoms with Gasteiger partial charge in [-0.15, -0.1) is 12.4 Å². The number of hydrogen-bond donors (Lipinski definition) is 3. The zero-order chi connectivity index (χ0) is 26.4. The van der Waals surface area contributed by atoms with Crippen molar-refractivity contribution >= 4 is 35.7 Å². The van der Waals surface area contributed by atoms with Gasteiger partial charge in [0.05, 0.1) is 27.0 Å². The van der Waals surface area contributed by atoms with Crippen molar-refractivity contribution < 1.29 is 24.1 Å². The molecule has 0 radical (unpaired) electrons. The molecule has 1 saturated carbocycles. The van der Waals surface area contributed by atoms with Gasteiger partial charge in [0.25, 0.3) is 0 Å². The molecule has 8 nitrogen and oxygen atoms in total. The zero-order valence-corrected chi connectivity index (χ0v) is 23.8. The number of aliphatic hydroxyl groups excluding tert-OH is 1. The third-order valence-electron chi connectivity index (χ3n) is 7.68. The van der Waals surface area contributed by atoms with Crippen molar-refractivity contribution in [2.45, 2.75) is 44.2 Å². The molecular formula is C28H39Cl2N3O5. The first-order chi connectivity index (χ1) is 17.9. The maximum atomic E-state index is 13.0. The molecule has 1 aliphatic heterocycles. The first kappa shape index (κ1) is 30.2. The number of nitrogens with one attached hydrogen (secondary N) is 2. The van der Waals surface area contributed by atoms with Gasteiger partial charge in [-0.2, -0.15) is 0 Å². The second-order valence-corrected chi connectivity index (χ2v) is 10.5. The summed E-state index contributed by atoms with van der Waals surface area (Å²) in [5.41, 5.74) is 1.87. The Labute approximate surface area is 236 Å². The lowest BCUT2D eigenvalue weighted by atomic mass is 9.89. The van der Waals surface area contributed by atoms with Gasteiger partial charge in [0.2, 0.25) is 5.75 Å². The van der Waals surface area contributed by atoms with Gasteiger partial charge in [0.1, 0.15) is 0 Å². The van der Waals surface area contributed by atoms with Crippen LogP contribution in [0.4, 0.5) is 10.5 Å². The number of rotatable bonds is 9. The van der Waals surface area contributed by atoms with E-state index >= 15 is 0 Å². The van der Waals surface area contributed by atoms with Crippen LogP contribution in [-0.2, 0) is 6.42 Å². The molecule has 2 fully saturated rings. The van der Waals surface area contributed by atoms with Crippen LogP contribution in [0.25, 0.3) is 0 Å². The number of benzene rings is 2. The number of amides is 2. The Balaban J connectivity index is 0.00000400. The molecule has 3 N–H and O–H groups in total. The van der Waals surface area contributed by atoms with Gasteiger partial charge in [-0.05, 0) is 74.7 Å². The van der Waals surface area contributed by atoms with E-state index in [4.69, 9.17) is 25.8 Å². The number of carbonyl (C=O) groups excluding carboxylic acids is 1. The quantitative estimate of drug-likeness (QED) is 0.394. The molecule has 1 aliphatic carbocycles. The Morgan fingerprint density at radius 1 is 1.00 bits per heavy atom. The lowest BCUT2D eigenvalue weighted by Gasteiger charge is -2.38. The van der Waals surface area contributed by atoms with Crippen LogP contribution in [0.1, 0.15) is 31.2 Å². The van der Waals surface area contributed by atoms with E-state index in [1.165, 1.54) is 19.8 Å². The van der Waals surface area contributed by atoms with Gasteiger partial charge in [-0.3, -0.25) is 4.90 Å². The molecule has 2 amide bonds. The summed E-state index contributed by atoms with van der Waals surface area (Å²) >= 11 is 6.03. The van der Waals surface area contributed by atoms with Crippen molar-refractivity contribution in [1.82, 2.24) is 10.2 Å². The van der Waals surface area contributed by atoms with Crippen molar-refractivity contribution in [1.29, 1.82) is 0 Å². The van der Waals surface area contributed by atoms with E-state index in [2.05, 4.69) is 27.7 Å². The molecule has 0 spiro atoms. The fourth-order valence-corrected chi connectivity index (χ4v) is 5.88. The van der Waals surface area contributed by atoms with E-state index < -0.39 is 0 Å². The first-order valence-corrected chi connectivity index (χ1v) is 13.3. The molecule has 2 aliphatic rings. The third-order valence-corrected chi connectivity index (χ3v) is 7.93. The number of carbonyl (C=O) groups is 1. The highest BCUT2D eigenvalue weighted by molar-refractivity contribution is 6.30. The van der Waals surface area contributed by atoms with E-state index in [9.17, 15) is 9.90 Å². The summed E-state index contributed by atoms with van der Waals surface area (Å²) in [6.07, 6.45) is 4.94. The number of aliphatic hydroxyl groups is 1. The largest absolute Gasteiger partial charge is 0.493 e. The predicted octanol–water partition coefficient (Wildman–Crippen LogP) is 5.00. The minimum Gasteiger partial charge on any atom is -0.493 e. The molecule has 10 heteroatoms. The number of urea groups is 1. The number of methoxy groups -OCH3 is 3. The van der Waals surface area contributed by atoms with Crippen LogP contribution in [0.15, 0.2) is 36.4 Å². The maximum Gasteiger partial charge on any atom is 0.319 e. The highest BCUT2D eigenvalue weighted by Gasteiger charge is 2.39. The number of ether oxygens (including phenoxy) is 3. The van der Waals surface area contributed by atoms with Crippen LogP contribution in [0, 0.1) is 11.8 Å². The summed E-state index contributed by atoms with van der Waals surface area (Å²) < 4.78 is 16.2. The number of nitrogens with zero attached hydrogens (tertiary/aromatic N) is 1. The molecule has 1 saturated heterocycles. The van der Waals surface area contributed by atoms with Gasteiger partial charge >= 0.3 is 6.03 Å². The molecule has 0 aromatic heterocycles. The average Bonchev–Trinajstić information content (AvgIpc) is 3.32. The number of piperidine rings is 1. The lowest BCUT2D eigenvalue weighted by Crippen LogP contribution is -2.52. The van der Waals surface area contributed by atoms with E-state index in [-0.39, 0.29) is 43.0 Å². The summed E-state index contributed by atoms with van der Waals surface area (Å²) in [5.74, 6) is 2.23. The van der Waals surface area contributed by atoms with E-state index in [0.717, 1.165) is 50.2 Å². The van der Waals surface area contributed by atoms with Crippen molar-refractivity contribution in [3.8, 4) is 17.2 Å². The minimum absolute atomic E-state index is 0. The molecule has 38 heavy (non-hydrogen) atoms. The van der Waals surface area contributed by atoms with Gasteiger partial charge in [0, 0.05) is 35.8 Å². The molecule has 2 aromatic rings. The number of halogens is 2. The minimum atomic E-state index is -0.291. The van der Waals surface area contributed by atoms with Crippen LogP contribution in [0.5, 0.6) is 17.2 Å². The molecule has 0 unspecified atom stereocenters. The standard InChI is InChI=1S/C28H38ClN3O5.ClH/c1-35-25-15-22(16-26(36-2)27(25)37-3)30-28(34)31-23-13-20(17-33)14-24(23)32-10-8-19(9-11-32)12-18-4-6-21(29)7-5-18;/h4-7,15-16,19-20,23-24,33H,8-14,17H2,1-3H3,(H2,30,31,34);1H/t20-,23+,24-;/m0./s1. The van der Waals surface area contributed by atoms with E-state index in [1.807, 2.05) is 12.1 Å². The molecular weight excluding hydrogens is 529 g/mol. The summed E-state index contributed by atoms with van der Waals surface area (Å²) in [6, 6.07) is 11.4. The van der Waals surface area contributed by atoms with Crippen molar-refractivity contribution in [3.05, 3.63) is 47.0 Å². The van der Waals surface area contributed by atoms with Crippen molar-refractivity contribution in [2.24, 2.45) is 11.8 Å². The van der Waals surface area contributed by atoms with Crippen molar-refractivity contribution in [2.75, 3.05) is 46.3 Å². The van der Waals surface area contributed by atoms with Crippen LogP contribution < -0.4 is 24.8 Å². The van der Waals surface area contributed by atoms with Crippen molar-refractivity contribution in [3.63, 3.8) is 0 Å². The first-order valence-electron chi connectivity index (χ1n) is 12.9. The van der Waals surface area contributed by atoms with Crippen LogP contribution in [-0.4, -0.2) is 69.1 Å². The maximum absolute atomic E-state index is 13.0. The smallest absolute Gasteiger partial charge is 0.319 e. The molecule has 2 aromatic carbocycles. The summed E-state index contributed by atoms with van der Waals surface area (Å²) in [4.78, 5) is 15.5. The SMILES string of the molecule is COc1cc(NC(=O)N[C@@H]2C[C@H](CO)C[C@@H]2N2CCC(Cc3ccc(Cl)cc3)CC2)cc(OC)c1OC.Cl. The van der Waals surface area contributed by atoms with Crippen LogP contribution in [0.2, 0.25) is 5.02 Å². The summed E-state index contributed by atoms with van der Waals surface area (Å²) in [5, 5.41) is 16.7. The molecule has 3 atom stereocenters. The Morgan fingerprint density at radius 2 is 1.63 bits per heavy atom. The Kier molecular flexibility index (Phi) is 11.2. The Morgan fingerprint density at radius 3 is 2.18 bits per heavy atom. The Bertz CT molecular complexity index is 1020. The second-order valence-electron chi connectivity index (χ2n) is 10.0. The van der Waals surface area contributed by atoms with Crippen LogP contribution >= 0.6 is 24.0 Å². The normalized spacial score (nSPS) is 21.9. The summed E-state index contributed by atoms with van der Waals surface area (Å²) in [7, 11) is 4.62. The van der Waals surface area contributed by atoms with Gasteiger partial charge in [-0.25, -0.2) is 4.79 Å². The second kappa shape index (κ2) is 14.1. The third kappa shape index (κ3) is 7.38. The highest BCUT2D eigenvalue weighted by Crippen LogP contribution is 2.40. The molecule has 210 valence electrons. The molecule has 4 rings (SSSR count). The number of likely N-dealkylation sites (tertiary alicyclic amines) is 1.